The van der Waals surface area contributed by atoms with Crippen molar-refractivity contribution in [2.75, 3.05) is 0 Å². The molecule has 26 heavy (non-hydrogen) atoms. The number of phenols is 2. The molecule has 7 nitrogen and oxygen atoms in total. The third-order valence-corrected chi connectivity index (χ3v) is 4.68. The van der Waals surface area contributed by atoms with Crippen molar-refractivity contribution in [1.29, 1.82) is 0 Å². The van der Waals surface area contributed by atoms with Gasteiger partial charge in [0.2, 0.25) is 0 Å². The number of aliphatic hydroxyl groups excluding tert-OH is 2. The molecule has 1 saturated heterocycles. The number of aromatic hydroxyl groups is 2. The molecule has 1 aromatic carbocycles. The van der Waals surface area contributed by atoms with Crippen LogP contribution in [0.15, 0.2) is 24.0 Å². The molecule has 0 aliphatic carbocycles. The highest BCUT2D eigenvalue weighted by molar-refractivity contribution is 6.34. The Labute approximate surface area is 154 Å². The maximum atomic E-state index is 12.5. The van der Waals surface area contributed by atoms with Crippen molar-refractivity contribution in [3.63, 3.8) is 0 Å². The first-order valence-corrected chi connectivity index (χ1v) is 8.52. The number of ether oxygens (including phenoxy) is 2. The molecule has 3 rings (SSSR count). The number of carbonyl (C=O) groups excluding carboxylic acids is 1. The van der Waals surface area contributed by atoms with Gasteiger partial charge in [-0.3, -0.25) is 0 Å². The number of cyclic esters (lactones) is 1. The van der Waals surface area contributed by atoms with E-state index >= 15 is 0 Å². The van der Waals surface area contributed by atoms with Gasteiger partial charge in [-0.15, -0.1) is 0 Å². The topological polar surface area (TPSA) is 120 Å². The van der Waals surface area contributed by atoms with Crippen LogP contribution in [0.25, 0.3) is 6.08 Å². The van der Waals surface area contributed by atoms with Crippen LogP contribution in [-0.4, -0.2) is 50.8 Å². The highest BCUT2D eigenvalue weighted by atomic mass is 35.5. The minimum Gasteiger partial charge on any atom is -0.508 e. The quantitative estimate of drug-likeness (QED) is 0.402. The standard InChI is InChI=1S/C18H19ClO7/c1-8-4-14-15(26-14)6-10(21)3-2-9(20)5-11-16(18(24)25-8)12(22)7-13(23)17(11)19/h2-3,5,7-8,10,14-15,20-23H,4,6H2,1H3/t8-,10+,14-,15-/m0/s1. The van der Waals surface area contributed by atoms with Crippen LogP contribution >= 0.6 is 11.6 Å². The number of rotatable bonds is 0. The molecule has 0 amide bonds. The molecule has 0 unspecified atom stereocenters. The Morgan fingerprint density at radius 3 is 2.58 bits per heavy atom. The molecule has 1 aromatic rings. The van der Waals surface area contributed by atoms with Gasteiger partial charge in [0.25, 0.3) is 0 Å². The second-order valence-electron chi connectivity index (χ2n) is 6.41. The lowest BCUT2D eigenvalue weighted by atomic mass is 10.0. The van der Waals surface area contributed by atoms with E-state index in [1.54, 1.807) is 6.92 Å². The number of benzene rings is 1. The first-order valence-electron chi connectivity index (χ1n) is 8.14. The zero-order valence-electron chi connectivity index (χ0n) is 13.9. The van der Waals surface area contributed by atoms with Crippen LogP contribution in [0.2, 0.25) is 5.02 Å². The number of aliphatic hydroxyl groups is 2. The summed E-state index contributed by atoms with van der Waals surface area (Å²) in [5, 5.41) is 39.7. The number of hydrogen-bond acceptors (Lipinski definition) is 7. The Morgan fingerprint density at radius 1 is 1.15 bits per heavy atom. The maximum absolute atomic E-state index is 12.5. The summed E-state index contributed by atoms with van der Waals surface area (Å²) < 4.78 is 10.8. The van der Waals surface area contributed by atoms with E-state index in [1.807, 2.05) is 0 Å². The Kier molecular flexibility index (Phi) is 5.13. The Hall–Kier alpha value is -2.22. The molecule has 0 bridgehead atoms. The smallest absolute Gasteiger partial charge is 0.342 e. The largest absolute Gasteiger partial charge is 0.508 e. The van der Waals surface area contributed by atoms with E-state index in [0.717, 1.165) is 12.1 Å². The minimum atomic E-state index is -0.839. The molecular weight excluding hydrogens is 364 g/mol. The van der Waals surface area contributed by atoms with Gasteiger partial charge in [-0.1, -0.05) is 17.7 Å². The molecule has 4 atom stereocenters. The molecule has 4 N–H and O–H groups in total. The molecule has 2 aliphatic heterocycles. The van der Waals surface area contributed by atoms with Gasteiger partial charge in [0.1, 0.15) is 28.9 Å². The fourth-order valence-corrected chi connectivity index (χ4v) is 3.14. The second kappa shape index (κ2) is 7.19. The van der Waals surface area contributed by atoms with E-state index in [2.05, 4.69) is 0 Å². The Bertz CT molecular complexity index is 786. The van der Waals surface area contributed by atoms with Crippen LogP contribution < -0.4 is 0 Å². The minimum absolute atomic E-state index is 0.0874. The first-order chi connectivity index (χ1) is 12.3. The number of hydrogen-bond donors (Lipinski definition) is 4. The van der Waals surface area contributed by atoms with E-state index in [4.69, 9.17) is 21.1 Å². The van der Waals surface area contributed by atoms with Gasteiger partial charge in [-0.05, 0) is 19.1 Å². The van der Waals surface area contributed by atoms with Crippen molar-refractivity contribution in [2.24, 2.45) is 0 Å². The average Bonchev–Trinajstić information content (AvgIpc) is 3.26. The number of carbonyl (C=O) groups is 1. The van der Waals surface area contributed by atoms with Crippen LogP contribution in [0, 0.1) is 0 Å². The average molecular weight is 383 g/mol. The van der Waals surface area contributed by atoms with Crippen molar-refractivity contribution >= 4 is 23.6 Å². The van der Waals surface area contributed by atoms with Gasteiger partial charge in [-0.2, -0.15) is 0 Å². The molecule has 2 heterocycles. The zero-order valence-corrected chi connectivity index (χ0v) is 14.7. The van der Waals surface area contributed by atoms with Crippen LogP contribution in [0.1, 0.15) is 35.7 Å². The van der Waals surface area contributed by atoms with Gasteiger partial charge < -0.3 is 29.9 Å². The predicted octanol–water partition coefficient (Wildman–Crippen LogP) is 2.67. The number of phenolic OH excluding ortho intramolecular Hbond substituents is 2. The zero-order chi connectivity index (χ0) is 19.0. The van der Waals surface area contributed by atoms with E-state index in [0.29, 0.717) is 12.8 Å². The third kappa shape index (κ3) is 3.95. The molecule has 8 heteroatoms. The second-order valence-corrected chi connectivity index (χ2v) is 6.79. The van der Waals surface area contributed by atoms with Crippen molar-refractivity contribution in [3.8, 4) is 11.5 Å². The third-order valence-electron chi connectivity index (χ3n) is 4.28. The molecule has 0 radical (unpaired) electrons. The van der Waals surface area contributed by atoms with Crippen molar-refractivity contribution in [3.05, 3.63) is 40.1 Å². The van der Waals surface area contributed by atoms with Crippen LogP contribution in [0.5, 0.6) is 11.5 Å². The van der Waals surface area contributed by atoms with Gasteiger partial charge in [0.05, 0.1) is 23.3 Å². The maximum Gasteiger partial charge on any atom is 0.342 e. The summed E-state index contributed by atoms with van der Waals surface area (Å²) >= 11 is 6.04. The number of halogens is 1. The molecule has 0 aromatic heterocycles. The fourth-order valence-electron chi connectivity index (χ4n) is 2.93. The Balaban J connectivity index is 2.06. The van der Waals surface area contributed by atoms with E-state index < -0.39 is 29.7 Å². The lowest BCUT2D eigenvalue weighted by Gasteiger charge is -2.16. The predicted molar refractivity (Wildman–Crippen MR) is 93.3 cm³/mol. The van der Waals surface area contributed by atoms with Crippen molar-refractivity contribution < 1.29 is 34.7 Å². The fraction of sp³-hybridized carbons (Fsp3) is 0.389. The lowest BCUT2D eigenvalue weighted by Crippen LogP contribution is -2.19. The highest BCUT2D eigenvalue weighted by Crippen LogP contribution is 2.38. The van der Waals surface area contributed by atoms with E-state index in [-0.39, 0.29) is 34.1 Å². The summed E-state index contributed by atoms with van der Waals surface area (Å²) in [4.78, 5) is 12.5. The molecule has 2 aliphatic rings. The van der Waals surface area contributed by atoms with E-state index in [9.17, 15) is 25.2 Å². The lowest BCUT2D eigenvalue weighted by molar-refractivity contribution is 0.0306. The van der Waals surface area contributed by atoms with Crippen LogP contribution in [-0.2, 0) is 9.47 Å². The molecule has 0 saturated carbocycles. The van der Waals surface area contributed by atoms with Gasteiger partial charge in [0.15, 0.2) is 0 Å². The highest BCUT2D eigenvalue weighted by Gasteiger charge is 2.41. The monoisotopic (exact) mass is 382 g/mol. The Morgan fingerprint density at radius 2 is 1.85 bits per heavy atom. The SMILES string of the molecule is C[C@H]1C[C@@H]2O[C@H]2C[C@H](O)C=CC(O)=Cc2c(Cl)c(O)cc(O)c2C(=O)O1. The van der Waals surface area contributed by atoms with Crippen LogP contribution in [0.4, 0.5) is 0 Å². The molecule has 0 spiro atoms. The van der Waals surface area contributed by atoms with Crippen molar-refractivity contribution in [2.45, 2.75) is 44.2 Å². The van der Waals surface area contributed by atoms with Gasteiger partial charge >= 0.3 is 5.97 Å². The first kappa shape index (κ1) is 18.6. The summed E-state index contributed by atoms with van der Waals surface area (Å²) in [5.74, 6) is -2.15. The van der Waals surface area contributed by atoms with Gasteiger partial charge in [0, 0.05) is 24.5 Å². The number of epoxide rings is 1. The van der Waals surface area contributed by atoms with Crippen molar-refractivity contribution in [1.82, 2.24) is 0 Å². The molecular formula is C18H19ClO7. The van der Waals surface area contributed by atoms with Gasteiger partial charge in [-0.25, -0.2) is 4.79 Å². The summed E-state index contributed by atoms with van der Waals surface area (Å²) in [5.41, 5.74) is -0.360. The number of esters is 1. The summed E-state index contributed by atoms with van der Waals surface area (Å²) in [7, 11) is 0. The number of fused-ring (bicyclic) bond motifs is 2. The number of allylic oxidation sites excluding steroid dienone is 1. The van der Waals surface area contributed by atoms with E-state index in [1.165, 1.54) is 12.2 Å². The molecule has 1 fully saturated rings. The molecule has 140 valence electrons. The summed E-state index contributed by atoms with van der Waals surface area (Å²) in [6.07, 6.45) is 2.91. The summed E-state index contributed by atoms with van der Waals surface area (Å²) in [6, 6.07) is 0.931. The normalized spacial score (nSPS) is 29.0. The van der Waals surface area contributed by atoms with Crippen LogP contribution in [0.3, 0.4) is 0 Å². The summed E-state index contributed by atoms with van der Waals surface area (Å²) in [6.45, 7) is 1.69.